The van der Waals surface area contributed by atoms with E-state index in [1.165, 1.54) is 19.2 Å². The molecule has 3 aromatic rings. The molecular formula is C22H24FN5O3. The molecule has 8 nitrogen and oxygen atoms in total. The summed E-state index contributed by atoms with van der Waals surface area (Å²) < 4.78 is 19.9. The van der Waals surface area contributed by atoms with Crippen molar-refractivity contribution >= 4 is 16.9 Å². The minimum Gasteiger partial charge on any atom is -0.483 e. The highest BCUT2D eigenvalue weighted by Crippen LogP contribution is 2.29. The Bertz CT molecular complexity index is 1190. The topological polar surface area (TPSA) is 100 Å². The van der Waals surface area contributed by atoms with Crippen molar-refractivity contribution in [3.63, 3.8) is 0 Å². The number of halogens is 1. The summed E-state index contributed by atoms with van der Waals surface area (Å²) in [6.07, 6.45) is 2.30. The Kier molecular flexibility index (Phi) is 5.69. The molecule has 4 rings (SSSR count). The van der Waals surface area contributed by atoms with E-state index in [4.69, 9.17) is 4.74 Å². The second kappa shape index (κ2) is 8.43. The van der Waals surface area contributed by atoms with Gasteiger partial charge in [-0.1, -0.05) is 6.92 Å². The summed E-state index contributed by atoms with van der Waals surface area (Å²) in [6, 6.07) is 6.69. The number of carbonyl (C=O) groups is 1. The minimum atomic E-state index is -0.804. The second-order valence-corrected chi connectivity index (χ2v) is 7.61. The molecule has 2 N–H and O–H groups in total. The fourth-order valence-corrected chi connectivity index (χ4v) is 3.65. The highest BCUT2D eigenvalue weighted by atomic mass is 19.1. The molecule has 1 atom stereocenters. The molecule has 1 unspecified atom stereocenters. The van der Waals surface area contributed by atoms with Gasteiger partial charge in [0.1, 0.15) is 11.8 Å². The zero-order chi connectivity index (χ0) is 22.1. The van der Waals surface area contributed by atoms with Crippen LogP contribution >= 0.6 is 0 Å². The molecule has 162 valence electrons. The van der Waals surface area contributed by atoms with E-state index in [1.807, 2.05) is 25.3 Å². The lowest BCUT2D eigenvalue weighted by atomic mass is 10.0. The van der Waals surface area contributed by atoms with Crippen molar-refractivity contribution in [1.29, 1.82) is 0 Å². The van der Waals surface area contributed by atoms with Crippen molar-refractivity contribution in [2.24, 2.45) is 0 Å². The van der Waals surface area contributed by atoms with Crippen LogP contribution in [0, 0.1) is 5.95 Å². The van der Waals surface area contributed by atoms with E-state index in [2.05, 4.69) is 32.1 Å². The van der Waals surface area contributed by atoms with Crippen molar-refractivity contribution in [2.75, 3.05) is 20.1 Å². The van der Waals surface area contributed by atoms with Crippen LogP contribution in [0.3, 0.4) is 0 Å². The summed E-state index contributed by atoms with van der Waals surface area (Å²) in [4.78, 5) is 36.9. The highest BCUT2D eigenvalue weighted by molar-refractivity contribution is 5.92. The quantitative estimate of drug-likeness (QED) is 0.588. The first-order valence-corrected chi connectivity index (χ1v) is 10.2. The third-order valence-electron chi connectivity index (χ3n) is 5.65. The SMILES string of the molecule is CCc1cc2ncc(C(C)N3CC(Oc4ccc(C(=O)NC)nc4F)C3)cc2[nH]c1=O. The summed E-state index contributed by atoms with van der Waals surface area (Å²) in [5, 5.41) is 2.40. The van der Waals surface area contributed by atoms with Crippen LogP contribution < -0.4 is 15.6 Å². The van der Waals surface area contributed by atoms with Crippen molar-refractivity contribution in [1.82, 2.24) is 25.2 Å². The minimum absolute atomic E-state index is 0.00381. The standard InChI is InChI=1S/C22H24FN5O3/c1-4-13-7-17-18(27-21(13)29)8-14(9-25-17)12(2)28-10-15(11-28)31-19-6-5-16(22(30)24-3)26-20(19)23/h5-9,12,15H,4,10-11H2,1-3H3,(H,24,30)(H,27,29). The molecule has 4 heterocycles. The van der Waals surface area contributed by atoms with Crippen LogP contribution in [-0.4, -0.2) is 52.0 Å². The second-order valence-electron chi connectivity index (χ2n) is 7.61. The summed E-state index contributed by atoms with van der Waals surface area (Å²) in [5.74, 6) is -1.23. The molecule has 1 aliphatic heterocycles. The van der Waals surface area contributed by atoms with Gasteiger partial charge in [-0.3, -0.25) is 19.5 Å². The molecule has 1 saturated heterocycles. The molecule has 31 heavy (non-hydrogen) atoms. The Morgan fingerprint density at radius 2 is 2.16 bits per heavy atom. The van der Waals surface area contributed by atoms with Gasteiger partial charge in [0, 0.05) is 37.9 Å². The normalized spacial score (nSPS) is 15.5. The number of nitrogens with one attached hydrogen (secondary N) is 2. The Hall–Kier alpha value is -3.33. The van der Waals surface area contributed by atoms with E-state index < -0.39 is 11.9 Å². The third kappa shape index (κ3) is 4.13. The number of hydrogen-bond acceptors (Lipinski definition) is 6. The summed E-state index contributed by atoms with van der Waals surface area (Å²) in [7, 11) is 1.46. The number of nitrogens with zero attached hydrogens (tertiary/aromatic N) is 3. The number of aromatic amines is 1. The van der Waals surface area contributed by atoms with Gasteiger partial charge in [-0.2, -0.15) is 4.39 Å². The molecule has 0 aliphatic carbocycles. The summed E-state index contributed by atoms with van der Waals surface area (Å²) >= 11 is 0. The molecule has 1 aliphatic rings. The maximum Gasteiger partial charge on any atom is 0.269 e. The molecule has 9 heteroatoms. The number of likely N-dealkylation sites (tertiary alicyclic amines) is 1. The first-order chi connectivity index (χ1) is 14.9. The van der Waals surface area contributed by atoms with Gasteiger partial charge in [0.15, 0.2) is 5.75 Å². The van der Waals surface area contributed by atoms with Crippen LogP contribution in [0.1, 0.15) is 41.5 Å². The van der Waals surface area contributed by atoms with Crippen LogP contribution in [0.15, 0.2) is 35.3 Å². The van der Waals surface area contributed by atoms with E-state index in [0.717, 1.165) is 11.1 Å². The third-order valence-corrected chi connectivity index (χ3v) is 5.65. The van der Waals surface area contributed by atoms with E-state index >= 15 is 0 Å². The molecule has 3 aromatic heterocycles. The molecule has 0 aromatic carbocycles. The monoisotopic (exact) mass is 425 g/mol. The number of rotatable bonds is 6. The number of amides is 1. The van der Waals surface area contributed by atoms with Gasteiger partial charge in [0.25, 0.3) is 17.4 Å². The van der Waals surface area contributed by atoms with Gasteiger partial charge in [-0.25, -0.2) is 4.98 Å². The van der Waals surface area contributed by atoms with Crippen molar-refractivity contribution < 1.29 is 13.9 Å². The first kappa shape index (κ1) is 20.9. The van der Waals surface area contributed by atoms with Crippen molar-refractivity contribution in [3.8, 4) is 5.75 Å². The Labute approximate surface area is 178 Å². The molecule has 0 spiro atoms. The number of aromatic nitrogens is 3. The van der Waals surface area contributed by atoms with Crippen LogP contribution in [0.25, 0.3) is 11.0 Å². The summed E-state index contributed by atoms with van der Waals surface area (Å²) in [6.45, 7) is 5.22. The summed E-state index contributed by atoms with van der Waals surface area (Å²) in [5.41, 5.74) is 3.09. The predicted molar refractivity (Wildman–Crippen MR) is 114 cm³/mol. The zero-order valence-electron chi connectivity index (χ0n) is 17.6. The van der Waals surface area contributed by atoms with Crippen molar-refractivity contribution in [3.05, 3.63) is 63.6 Å². The number of pyridine rings is 3. The number of fused-ring (bicyclic) bond motifs is 1. The number of H-pyrrole nitrogens is 1. The maximum absolute atomic E-state index is 14.2. The van der Waals surface area contributed by atoms with E-state index in [9.17, 15) is 14.0 Å². The lowest BCUT2D eigenvalue weighted by molar-refractivity contribution is -0.00754. The molecular weight excluding hydrogens is 401 g/mol. The number of hydrogen-bond donors (Lipinski definition) is 2. The fraction of sp³-hybridized carbons (Fsp3) is 0.364. The van der Waals surface area contributed by atoms with E-state index in [1.54, 1.807) is 0 Å². The molecule has 1 fully saturated rings. The van der Waals surface area contributed by atoms with Gasteiger partial charge in [0.05, 0.1) is 11.0 Å². The van der Waals surface area contributed by atoms with E-state index in [-0.39, 0.29) is 29.1 Å². The Morgan fingerprint density at radius 1 is 1.39 bits per heavy atom. The van der Waals surface area contributed by atoms with Crippen LogP contribution in [0.2, 0.25) is 0 Å². The number of carbonyl (C=O) groups excluding carboxylic acids is 1. The number of ether oxygens (including phenoxy) is 1. The van der Waals surface area contributed by atoms with Crippen LogP contribution in [0.4, 0.5) is 4.39 Å². The fourth-order valence-electron chi connectivity index (χ4n) is 3.65. The van der Waals surface area contributed by atoms with Gasteiger partial charge in [0.2, 0.25) is 0 Å². The van der Waals surface area contributed by atoms with Gasteiger partial charge >= 0.3 is 0 Å². The van der Waals surface area contributed by atoms with Gasteiger partial charge in [-0.15, -0.1) is 0 Å². The molecule has 0 bridgehead atoms. The largest absolute Gasteiger partial charge is 0.483 e. The number of aryl methyl sites for hydroxylation is 1. The van der Waals surface area contributed by atoms with Crippen LogP contribution in [0.5, 0.6) is 5.75 Å². The highest BCUT2D eigenvalue weighted by Gasteiger charge is 2.33. The average molecular weight is 425 g/mol. The Balaban J connectivity index is 1.41. The predicted octanol–water partition coefficient (Wildman–Crippen LogP) is 2.20. The van der Waals surface area contributed by atoms with Crippen molar-refractivity contribution in [2.45, 2.75) is 32.4 Å². The first-order valence-electron chi connectivity index (χ1n) is 10.2. The lowest BCUT2D eigenvalue weighted by Crippen LogP contribution is -2.54. The lowest BCUT2D eigenvalue weighted by Gasteiger charge is -2.42. The smallest absolute Gasteiger partial charge is 0.269 e. The van der Waals surface area contributed by atoms with E-state index in [0.29, 0.717) is 30.6 Å². The van der Waals surface area contributed by atoms with Gasteiger partial charge < -0.3 is 15.0 Å². The van der Waals surface area contributed by atoms with Crippen LogP contribution in [-0.2, 0) is 6.42 Å². The molecule has 0 saturated carbocycles. The molecule has 1 amide bonds. The maximum atomic E-state index is 14.2. The Morgan fingerprint density at radius 3 is 2.84 bits per heavy atom. The average Bonchev–Trinajstić information content (AvgIpc) is 2.74. The molecule has 0 radical (unpaired) electrons. The zero-order valence-corrected chi connectivity index (χ0v) is 17.6. The van der Waals surface area contributed by atoms with Gasteiger partial charge in [-0.05, 0) is 43.2 Å².